The van der Waals surface area contributed by atoms with Crippen molar-refractivity contribution in [2.45, 2.75) is 51.6 Å². The van der Waals surface area contributed by atoms with E-state index in [0.717, 1.165) is 38.8 Å². The summed E-state index contributed by atoms with van der Waals surface area (Å²) in [5.74, 6) is 1.13. The number of aromatic nitrogens is 2. The van der Waals surface area contributed by atoms with Crippen LogP contribution < -0.4 is 5.32 Å². The van der Waals surface area contributed by atoms with Gasteiger partial charge >= 0.3 is 0 Å². The van der Waals surface area contributed by atoms with Gasteiger partial charge in [0, 0.05) is 12.6 Å². The third-order valence-electron chi connectivity index (χ3n) is 4.32. The fourth-order valence-corrected chi connectivity index (χ4v) is 3.23. The summed E-state index contributed by atoms with van der Waals surface area (Å²) in [7, 11) is 0. The number of carbonyl (C=O) groups excluding carboxylic acids is 1. The van der Waals surface area contributed by atoms with Crippen LogP contribution in [0.15, 0.2) is 4.52 Å². The molecule has 20 heavy (non-hydrogen) atoms. The van der Waals surface area contributed by atoms with Crippen LogP contribution in [0.3, 0.4) is 0 Å². The smallest absolute Gasteiger partial charge is 0.295 e. The van der Waals surface area contributed by atoms with Gasteiger partial charge in [-0.2, -0.15) is 4.98 Å². The lowest BCUT2D eigenvalue weighted by Gasteiger charge is -2.26. The summed E-state index contributed by atoms with van der Waals surface area (Å²) in [6, 6.07) is 0.414. The van der Waals surface area contributed by atoms with Gasteiger partial charge in [-0.25, -0.2) is 0 Å². The summed E-state index contributed by atoms with van der Waals surface area (Å²) >= 11 is 0. The van der Waals surface area contributed by atoms with E-state index >= 15 is 0 Å². The topological polar surface area (TPSA) is 71.3 Å². The number of nitrogens with one attached hydrogen (secondary N) is 1. The lowest BCUT2D eigenvalue weighted by atomic mass is 10.0. The lowest BCUT2D eigenvalue weighted by Crippen LogP contribution is -2.39. The molecule has 0 bridgehead atoms. The Labute approximate surface area is 118 Å². The van der Waals surface area contributed by atoms with Crippen LogP contribution in [0.2, 0.25) is 0 Å². The summed E-state index contributed by atoms with van der Waals surface area (Å²) in [4.78, 5) is 18.7. The van der Waals surface area contributed by atoms with Crippen molar-refractivity contribution in [2.24, 2.45) is 5.92 Å². The molecule has 2 aliphatic heterocycles. The number of nitrogens with zero attached hydrogens (tertiary/aromatic N) is 3. The van der Waals surface area contributed by atoms with Crippen LogP contribution in [0.5, 0.6) is 0 Å². The highest BCUT2D eigenvalue weighted by Gasteiger charge is 2.34. The number of hydrogen-bond donors (Lipinski definition) is 1. The first-order chi connectivity index (χ1) is 9.66. The second kappa shape index (κ2) is 5.52. The molecule has 3 heterocycles. The molecule has 6 nitrogen and oxygen atoms in total. The van der Waals surface area contributed by atoms with Crippen molar-refractivity contribution in [3.05, 3.63) is 11.7 Å². The summed E-state index contributed by atoms with van der Waals surface area (Å²) in [5.41, 5.74) is 0. The second-order valence-corrected chi connectivity index (χ2v) is 6.06. The average molecular weight is 278 g/mol. The number of carbonyl (C=O) groups is 1. The first kappa shape index (κ1) is 13.5. The minimum absolute atomic E-state index is 0.0887. The Balaban J connectivity index is 1.73. The molecule has 1 aromatic heterocycles. The third-order valence-corrected chi connectivity index (χ3v) is 4.32. The maximum atomic E-state index is 12.5. The fourth-order valence-electron chi connectivity index (χ4n) is 3.23. The maximum absolute atomic E-state index is 12.5. The van der Waals surface area contributed by atoms with Gasteiger partial charge in [-0.15, -0.1) is 0 Å². The van der Waals surface area contributed by atoms with Gasteiger partial charge in [0.25, 0.3) is 11.7 Å². The number of rotatable bonds is 3. The molecule has 1 aromatic rings. The zero-order valence-corrected chi connectivity index (χ0v) is 12.1. The minimum Gasteiger partial charge on any atom is -0.337 e. The van der Waals surface area contributed by atoms with E-state index in [2.05, 4.69) is 29.3 Å². The quantitative estimate of drug-likeness (QED) is 0.912. The van der Waals surface area contributed by atoms with Gasteiger partial charge in [0.1, 0.15) is 0 Å². The van der Waals surface area contributed by atoms with Crippen LogP contribution in [0, 0.1) is 5.92 Å². The first-order valence-electron chi connectivity index (χ1n) is 7.55. The molecule has 1 amide bonds. The Morgan fingerprint density at radius 1 is 1.40 bits per heavy atom. The van der Waals surface area contributed by atoms with Crippen molar-refractivity contribution in [1.82, 2.24) is 20.4 Å². The highest BCUT2D eigenvalue weighted by molar-refractivity contribution is 5.90. The van der Waals surface area contributed by atoms with Crippen LogP contribution in [0.4, 0.5) is 0 Å². The molecule has 2 unspecified atom stereocenters. The molecule has 0 aliphatic carbocycles. The highest BCUT2D eigenvalue weighted by Crippen LogP contribution is 2.26. The second-order valence-electron chi connectivity index (χ2n) is 6.06. The van der Waals surface area contributed by atoms with Crippen molar-refractivity contribution in [3.63, 3.8) is 0 Å². The van der Waals surface area contributed by atoms with Gasteiger partial charge in [0.05, 0.1) is 6.04 Å². The van der Waals surface area contributed by atoms with Crippen molar-refractivity contribution < 1.29 is 9.32 Å². The Bertz CT molecular complexity index is 479. The predicted molar refractivity (Wildman–Crippen MR) is 73.2 cm³/mol. The Morgan fingerprint density at radius 3 is 2.95 bits per heavy atom. The fraction of sp³-hybridized carbons (Fsp3) is 0.786. The van der Waals surface area contributed by atoms with E-state index in [1.165, 1.54) is 0 Å². The molecule has 2 aliphatic rings. The largest absolute Gasteiger partial charge is 0.337 e. The Kier molecular flexibility index (Phi) is 3.74. The maximum Gasteiger partial charge on any atom is 0.295 e. The zero-order valence-electron chi connectivity index (χ0n) is 12.1. The SMILES string of the molecule is CC(C)C1CCCN1C(=O)c1noc(C2CCCN2)n1. The first-order valence-corrected chi connectivity index (χ1v) is 7.55. The van der Waals surface area contributed by atoms with E-state index in [0.29, 0.717) is 17.9 Å². The lowest BCUT2D eigenvalue weighted by molar-refractivity contribution is 0.0685. The zero-order chi connectivity index (χ0) is 14.1. The van der Waals surface area contributed by atoms with Crippen LogP contribution in [-0.4, -0.2) is 40.1 Å². The Hall–Kier alpha value is -1.43. The monoisotopic (exact) mass is 278 g/mol. The molecule has 6 heteroatoms. The summed E-state index contributed by atoms with van der Waals surface area (Å²) in [6.07, 6.45) is 4.23. The van der Waals surface area contributed by atoms with Crippen LogP contribution >= 0.6 is 0 Å². The molecular formula is C14H22N4O2. The standard InChI is InChI=1S/C14H22N4O2/c1-9(2)11-6-4-8-18(11)14(19)12-16-13(20-17-12)10-5-3-7-15-10/h9-11,15H,3-8H2,1-2H3. The minimum atomic E-state index is -0.0887. The summed E-state index contributed by atoms with van der Waals surface area (Å²) < 4.78 is 5.25. The molecule has 0 radical (unpaired) electrons. The van der Waals surface area contributed by atoms with Gasteiger partial charge < -0.3 is 14.7 Å². The van der Waals surface area contributed by atoms with Crippen molar-refractivity contribution >= 4 is 5.91 Å². The van der Waals surface area contributed by atoms with Crippen LogP contribution in [0.1, 0.15) is 62.1 Å². The van der Waals surface area contributed by atoms with E-state index in [1.807, 2.05) is 4.90 Å². The molecule has 2 atom stereocenters. The molecule has 0 saturated carbocycles. The molecule has 2 fully saturated rings. The van der Waals surface area contributed by atoms with E-state index in [1.54, 1.807) is 0 Å². The van der Waals surface area contributed by atoms with E-state index < -0.39 is 0 Å². The number of likely N-dealkylation sites (tertiary alicyclic amines) is 1. The molecule has 110 valence electrons. The number of hydrogen-bond acceptors (Lipinski definition) is 5. The van der Waals surface area contributed by atoms with E-state index in [9.17, 15) is 4.79 Å². The van der Waals surface area contributed by atoms with E-state index in [4.69, 9.17) is 4.52 Å². The van der Waals surface area contributed by atoms with Crippen molar-refractivity contribution in [2.75, 3.05) is 13.1 Å². The van der Waals surface area contributed by atoms with Gasteiger partial charge in [0.15, 0.2) is 0 Å². The predicted octanol–water partition coefficient (Wildman–Crippen LogP) is 1.75. The van der Waals surface area contributed by atoms with Crippen LogP contribution in [0.25, 0.3) is 0 Å². The average Bonchev–Trinajstić information content (AvgIpc) is 3.17. The van der Waals surface area contributed by atoms with Gasteiger partial charge in [-0.3, -0.25) is 4.79 Å². The summed E-state index contributed by atoms with van der Waals surface area (Å²) in [6.45, 7) is 6.08. The molecule has 0 aromatic carbocycles. The third kappa shape index (κ3) is 2.44. The van der Waals surface area contributed by atoms with Gasteiger partial charge in [-0.1, -0.05) is 19.0 Å². The van der Waals surface area contributed by atoms with Crippen LogP contribution in [-0.2, 0) is 0 Å². The molecule has 3 rings (SSSR count). The molecular weight excluding hydrogens is 256 g/mol. The summed E-state index contributed by atoms with van der Waals surface area (Å²) in [5, 5.41) is 7.18. The molecule has 2 saturated heterocycles. The normalized spacial score (nSPS) is 26.6. The highest BCUT2D eigenvalue weighted by atomic mass is 16.5. The van der Waals surface area contributed by atoms with E-state index in [-0.39, 0.29) is 17.8 Å². The van der Waals surface area contributed by atoms with Gasteiger partial charge in [-0.05, 0) is 38.1 Å². The van der Waals surface area contributed by atoms with Gasteiger partial charge in [0.2, 0.25) is 5.89 Å². The molecule has 0 spiro atoms. The van der Waals surface area contributed by atoms with Crippen molar-refractivity contribution in [3.8, 4) is 0 Å². The Morgan fingerprint density at radius 2 is 2.25 bits per heavy atom. The number of amides is 1. The van der Waals surface area contributed by atoms with Crippen molar-refractivity contribution in [1.29, 1.82) is 0 Å². The molecule has 1 N–H and O–H groups in total.